The number of hydrogen-bond acceptors (Lipinski definition) is 6. The molecular formula is C37H42O6. The van der Waals surface area contributed by atoms with Gasteiger partial charge in [-0.1, -0.05) is 121 Å². The van der Waals surface area contributed by atoms with Gasteiger partial charge in [-0.3, -0.25) is 0 Å². The van der Waals surface area contributed by atoms with Gasteiger partial charge in [0.25, 0.3) is 0 Å². The standard InChI is InChI=1S/C37H42O6/c38-23-13-22-33-35(40-25-30-16-7-2-8-17-30)37(42-27-32-20-11-4-12-21-32)36(41-26-31-18-9-3-10-19-31)34(43-33)28-39-24-29-14-5-1-6-15-29/h1-12,14-21,33-38H,13,22-28H2/t33-,34+,35-,36-,37+/m0/s1. The molecule has 1 aliphatic rings. The lowest BCUT2D eigenvalue weighted by Gasteiger charge is -2.46. The lowest BCUT2D eigenvalue weighted by atomic mass is 9.91. The van der Waals surface area contributed by atoms with Crippen LogP contribution >= 0.6 is 0 Å². The molecule has 226 valence electrons. The number of aliphatic hydroxyl groups is 1. The lowest BCUT2D eigenvalue weighted by molar-refractivity contribution is -0.273. The van der Waals surface area contributed by atoms with E-state index in [-0.39, 0.29) is 12.7 Å². The van der Waals surface area contributed by atoms with Crippen molar-refractivity contribution in [1.29, 1.82) is 0 Å². The minimum atomic E-state index is -0.453. The molecule has 5 atom stereocenters. The fourth-order valence-corrected chi connectivity index (χ4v) is 5.41. The summed E-state index contributed by atoms with van der Waals surface area (Å²) in [7, 11) is 0. The molecule has 0 amide bonds. The van der Waals surface area contributed by atoms with Crippen molar-refractivity contribution in [2.45, 2.75) is 69.8 Å². The summed E-state index contributed by atoms with van der Waals surface area (Å²) in [6.07, 6.45) is -0.786. The van der Waals surface area contributed by atoms with E-state index in [9.17, 15) is 5.11 Å². The number of ether oxygens (including phenoxy) is 5. The van der Waals surface area contributed by atoms with Crippen molar-refractivity contribution in [3.05, 3.63) is 144 Å². The van der Waals surface area contributed by atoms with Crippen LogP contribution in [-0.4, -0.2) is 48.8 Å². The molecule has 0 aliphatic carbocycles. The number of rotatable bonds is 16. The lowest BCUT2D eigenvalue weighted by Crippen LogP contribution is -2.61. The van der Waals surface area contributed by atoms with Crippen molar-refractivity contribution < 1.29 is 28.8 Å². The third-order valence-corrected chi connectivity index (χ3v) is 7.63. The molecule has 6 nitrogen and oxygen atoms in total. The van der Waals surface area contributed by atoms with E-state index >= 15 is 0 Å². The SMILES string of the molecule is OCCC[C@@H]1O[C@H](COCc2ccccc2)[C@H](OCc2ccccc2)[C@H](OCc2ccccc2)[C@H]1OCc1ccccc1. The first-order valence-corrected chi connectivity index (χ1v) is 15.1. The van der Waals surface area contributed by atoms with Crippen LogP contribution in [-0.2, 0) is 50.1 Å². The Morgan fingerprint density at radius 2 is 0.884 bits per heavy atom. The zero-order valence-corrected chi connectivity index (χ0v) is 24.6. The Kier molecular flexibility index (Phi) is 12.3. The summed E-state index contributed by atoms with van der Waals surface area (Å²) in [5, 5.41) is 9.73. The van der Waals surface area contributed by atoms with Crippen LogP contribution in [0.5, 0.6) is 0 Å². The third kappa shape index (κ3) is 9.57. The highest BCUT2D eigenvalue weighted by atomic mass is 16.6. The Balaban J connectivity index is 1.41. The van der Waals surface area contributed by atoms with E-state index in [0.717, 1.165) is 22.3 Å². The Morgan fingerprint density at radius 1 is 0.488 bits per heavy atom. The second-order valence-corrected chi connectivity index (χ2v) is 10.9. The highest BCUT2D eigenvalue weighted by Gasteiger charge is 2.48. The highest BCUT2D eigenvalue weighted by molar-refractivity contribution is 5.16. The quantitative estimate of drug-likeness (QED) is 0.163. The maximum absolute atomic E-state index is 9.73. The zero-order valence-electron chi connectivity index (χ0n) is 24.6. The summed E-state index contributed by atoms with van der Waals surface area (Å²) in [5.74, 6) is 0. The molecular weight excluding hydrogens is 540 g/mol. The maximum Gasteiger partial charge on any atom is 0.115 e. The fourth-order valence-electron chi connectivity index (χ4n) is 5.41. The zero-order chi connectivity index (χ0) is 29.5. The molecule has 0 unspecified atom stereocenters. The number of hydrogen-bond donors (Lipinski definition) is 1. The molecule has 1 saturated heterocycles. The van der Waals surface area contributed by atoms with Gasteiger partial charge in [-0.2, -0.15) is 0 Å². The summed E-state index contributed by atoms with van der Waals surface area (Å²) in [6, 6.07) is 40.5. The molecule has 6 heteroatoms. The van der Waals surface area contributed by atoms with Gasteiger partial charge in [0.2, 0.25) is 0 Å². The van der Waals surface area contributed by atoms with Gasteiger partial charge in [0.05, 0.1) is 39.1 Å². The monoisotopic (exact) mass is 582 g/mol. The second kappa shape index (κ2) is 17.1. The molecule has 1 heterocycles. The van der Waals surface area contributed by atoms with E-state index in [1.54, 1.807) is 0 Å². The molecule has 4 aromatic carbocycles. The van der Waals surface area contributed by atoms with Gasteiger partial charge in [-0.15, -0.1) is 0 Å². The van der Waals surface area contributed by atoms with Crippen LogP contribution in [0.1, 0.15) is 35.1 Å². The number of benzene rings is 4. The van der Waals surface area contributed by atoms with Crippen molar-refractivity contribution >= 4 is 0 Å². The van der Waals surface area contributed by atoms with Crippen molar-refractivity contribution in [3.63, 3.8) is 0 Å². The van der Waals surface area contributed by atoms with Crippen molar-refractivity contribution in [1.82, 2.24) is 0 Å². The van der Waals surface area contributed by atoms with Crippen LogP contribution in [0.2, 0.25) is 0 Å². The maximum atomic E-state index is 9.73. The molecule has 0 radical (unpaired) electrons. The predicted molar refractivity (Wildman–Crippen MR) is 166 cm³/mol. The summed E-state index contributed by atoms with van der Waals surface area (Å²) < 4.78 is 33.0. The van der Waals surface area contributed by atoms with Crippen LogP contribution in [0.3, 0.4) is 0 Å². The minimum absolute atomic E-state index is 0.0733. The first-order valence-electron chi connectivity index (χ1n) is 15.1. The summed E-state index contributed by atoms with van der Waals surface area (Å²) in [6.45, 7) is 2.10. The van der Waals surface area contributed by atoms with Crippen molar-refractivity contribution in [2.24, 2.45) is 0 Å². The van der Waals surface area contributed by atoms with E-state index < -0.39 is 24.4 Å². The van der Waals surface area contributed by atoms with Gasteiger partial charge in [-0.25, -0.2) is 0 Å². The normalized spacial score (nSPS) is 21.9. The molecule has 5 rings (SSSR count). The summed E-state index contributed by atoms with van der Waals surface area (Å²) in [4.78, 5) is 0. The number of aliphatic hydroxyl groups excluding tert-OH is 1. The molecule has 1 fully saturated rings. The van der Waals surface area contributed by atoms with Crippen LogP contribution in [0, 0.1) is 0 Å². The van der Waals surface area contributed by atoms with Gasteiger partial charge in [0.15, 0.2) is 0 Å². The van der Waals surface area contributed by atoms with Crippen LogP contribution in [0.4, 0.5) is 0 Å². The first-order chi connectivity index (χ1) is 21.3. The molecule has 43 heavy (non-hydrogen) atoms. The van der Waals surface area contributed by atoms with E-state index in [0.29, 0.717) is 45.9 Å². The van der Waals surface area contributed by atoms with E-state index in [1.807, 2.05) is 84.9 Å². The molecule has 4 aromatic rings. The molecule has 0 bridgehead atoms. The Bertz CT molecular complexity index is 1290. The first kappa shape index (κ1) is 31.1. The minimum Gasteiger partial charge on any atom is -0.396 e. The van der Waals surface area contributed by atoms with Gasteiger partial charge >= 0.3 is 0 Å². The van der Waals surface area contributed by atoms with Gasteiger partial charge < -0.3 is 28.8 Å². The third-order valence-electron chi connectivity index (χ3n) is 7.63. The Labute approximate surface area is 255 Å². The molecule has 1 aliphatic heterocycles. The molecule has 0 saturated carbocycles. The topological polar surface area (TPSA) is 66.4 Å². The Hall–Kier alpha value is -3.36. The van der Waals surface area contributed by atoms with Crippen molar-refractivity contribution in [2.75, 3.05) is 13.2 Å². The summed E-state index contributed by atoms with van der Waals surface area (Å²) >= 11 is 0. The van der Waals surface area contributed by atoms with Gasteiger partial charge in [0, 0.05) is 6.61 Å². The summed E-state index contributed by atoms with van der Waals surface area (Å²) in [5.41, 5.74) is 4.30. The molecule has 0 aromatic heterocycles. The smallest absolute Gasteiger partial charge is 0.115 e. The second-order valence-electron chi connectivity index (χ2n) is 10.9. The van der Waals surface area contributed by atoms with Crippen LogP contribution in [0.25, 0.3) is 0 Å². The average molecular weight is 583 g/mol. The molecule has 1 N–H and O–H groups in total. The van der Waals surface area contributed by atoms with Crippen LogP contribution in [0.15, 0.2) is 121 Å². The van der Waals surface area contributed by atoms with E-state index in [1.165, 1.54) is 0 Å². The average Bonchev–Trinajstić information content (AvgIpc) is 3.07. The molecule has 0 spiro atoms. The van der Waals surface area contributed by atoms with E-state index in [2.05, 4.69) is 36.4 Å². The van der Waals surface area contributed by atoms with Gasteiger partial charge in [-0.05, 0) is 35.1 Å². The largest absolute Gasteiger partial charge is 0.396 e. The Morgan fingerprint density at radius 3 is 1.33 bits per heavy atom. The van der Waals surface area contributed by atoms with Crippen molar-refractivity contribution in [3.8, 4) is 0 Å². The van der Waals surface area contributed by atoms with Crippen LogP contribution < -0.4 is 0 Å². The predicted octanol–water partition coefficient (Wildman–Crippen LogP) is 6.50. The van der Waals surface area contributed by atoms with Gasteiger partial charge in [0.1, 0.15) is 24.4 Å². The fraction of sp³-hybridized carbons (Fsp3) is 0.351. The highest BCUT2D eigenvalue weighted by Crippen LogP contribution is 2.32. The van der Waals surface area contributed by atoms with E-state index in [4.69, 9.17) is 23.7 Å².